The van der Waals surface area contributed by atoms with Gasteiger partial charge in [-0.3, -0.25) is 0 Å². The summed E-state index contributed by atoms with van der Waals surface area (Å²) >= 11 is 1.07. The maximum Gasteiger partial charge on any atom is 0.364 e. The average Bonchev–Trinajstić information content (AvgIpc) is 2.52. The fourth-order valence-corrected chi connectivity index (χ4v) is 1.28. The van der Waals surface area contributed by atoms with Crippen LogP contribution < -0.4 is 4.74 Å². The van der Waals surface area contributed by atoms with Gasteiger partial charge in [0.2, 0.25) is 5.83 Å². The van der Waals surface area contributed by atoms with Crippen LogP contribution in [0.4, 0.5) is 4.39 Å². The van der Waals surface area contributed by atoms with Crippen LogP contribution in [0.2, 0.25) is 0 Å². The summed E-state index contributed by atoms with van der Waals surface area (Å²) in [4.78, 5) is 14.2. The van der Waals surface area contributed by atoms with E-state index in [9.17, 15) is 9.18 Å². The second-order valence-corrected chi connectivity index (χ2v) is 3.05. The number of hydrogen-bond donors (Lipinski definition) is 1. The lowest BCUT2D eigenvalue weighted by Crippen LogP contribution is -1.93. The van der Waals surface area contributed by atoms with Crippen LogP contribution in [-0.2, 0) is 4.79 Å². The molecule has 13 heavy (non-hydrogen) atoms. The maximum atomic E-state index is 12.5. The Hall–Kier alpha value is -1.43. The molecule has 0 spiro atoms. The first-order valence-corrected chi connectivity index (χ1v) is 4.05. The highest BCUT2D eigenvalue weighted by molar-refractivity contribution is 7.14. The Morgan fingerprint density at radius 3 is 3.00 bits per heavy atom. The van der Waals surface area contributed by atoms with Crippen LogP contribution in [0.3, 0.4) is 0 Å². The number of hydrogen-bond acceptors (Lipinski definition) is 4. The smallest absolute Gasteiger partial charge is 0.364 e. The van der Waals surface area contributed by atoms with Crippen LogP contribution in [0.15, 0.2) is 12.0 Å². The molecule has 0 aliphatic heterocycles. The SMILES string of the molecule is COc1ncc(/C=C(/F)C(=O)O)s1. The number of thiazole rings is 1. The van der Waals surface area contributed by atoms with E-state index >= 15 is 0 Å². The molecule has 1 heterocycles. The minimum absolute atomic E-state index is 0.365. The minimum atomic E-state index is -1.59. The molecule has 0 fully saturated rings. The predicted molar refractivity (Wildman–Crippen MR) is 45.4 cm³/mol. The lowest BCUT2D eigenvalue weighted by atomic mass is 10.4. The molecule has 0 amide bonds. The van der Waals surface area contributed by atoms with Gasteiger partial charge in [0.15, 0.2) is 0 Å². The molecule has 1 N–H and O–H groups in total. The normalized spacial score (nSPS) is 11.4. The Balaban J connectivity index is 2.84. The van der Waals surface area contributed by atoms with Crippen molar-refractivity contribution in [3.8, 4) is 5.19 Å². The fourth-order valence-electron chi connectivity index (χ4n) is 0.618. The number of carbonyl (C=O) groups is 1. The van der Waals surface area contributed by atoms with Crippen molar-refractivity contribution >= 4 is 23.4 Å². The quantitative estimate of drug-likeness (QED) is 0.757. The number of ether oxygens (including phenoxy) is 1. The van der Waals surface area contributed by atoms with Crippen LogP contribution in [-0.4, -0.2) is 23.2 Å². The molecule has 0 radical (unpaired) electrons. The van der Waals surface area contributed by atoms with Crippen molar-refractivity contribution in [2.75, 3.05) is 7.11 Å². The first-order valence-electron chi connectivity index (χ1n) is 3.24. The number of carboxylic acids is 1. The second-order valence-electron chi connectivity index (χ2n) is 2.03. The standard InChI is InChI=1S/C7H6FNO3S/c1-12-7-9-3-4(13-7)2-5(8)6(10)11/h2-3H,1H3,(H,10,11)/b5-2+. The monoisotopic (exact) mass is 203 g/mol. The van der Waals surface area contributed by atoms with Crippen molar-refractivity contribution in [2.24, 2.45) is 0 Å². The molecule has 0 saturated carbocycles. The summed E-state index contributed by atoms with van der Waals surface area (Å²) in [6, 6.07) is 0. The van der Waals surface area contributed by atoms with Crippen molar-refractivity contribution in [1.29, 1.82) is 0 Å². The van der Waals surface area contributed by atoms with Gasteiger partial charge in [0.1, 0.15) is 0 Å². The highest BCUT2D eigenvalue weighted by Gasteiger charge is 2.07. The molecule has 0 atom stereocenters. The average molecular weight is 203 g/mol. The van der Waals surface area contributed by atoms with E-state index in [1.54, 1.807) is 0 Å². The third-order valence-corrected chi connectivity index (χ3v) is 2.06. The Bertz CT molecular complexity index is 347. The molecule has 1 aromatic heterocycles. The minimum Gasteiger partial charge on any atom is -0.476 e. The fraction of sp³-hybridized carbons (Fsp3) is 0.143. The second kappa shape index (κ2) is 3.99. The zero-order chi connectivity index (χ0) is 9.84. The lowest BCUT2D eigenvalue weighted by Gasteiger charge is -1.87. The van der Waals surface area contributed by atoms with Gasteiger partial charge in [0, 0.05) is 12.3 Å². The largest absolute Gasteiger partial charge is 0.476 e. The molecule has 0 aromatic carbocycles. The van der Waals surface area contributed by atoms with Crippen LogP contribution in [0.5, 0.6) is 5.19 Å². The van der Waals surface area contributed by atoms with Crippen molar-refractivity contribution in [1.82, 2.24) is 4.98 Å². The van der Waals surface area contributed by atoms with Crippen molar-refractivity contribution in [3.05, 3.63) is 16.9 Å². The van der Waals surface area contributed by atoms with Gasteiger partial charge in [-0.1, -0.05) is 11.3 Å². The van der Waals surface area contributed by atoms with Crippen molar-refractivity contribution in [2.45, 2.75) is 0 Å². The molecule has 70 valence electrons. The molecule has 1 aromatic rings. The molecule has 0 aliphatic carbocycles. The Morgan fingerprint density at radius 1 is 1.85 bits per heavy atom. The van der Waals surface area contributed by atoms with E-state index in [1.807, 2.05) is 0 Å². The summed E-state index contributed by atoms with van der Waals surface area (Å²) in [5, 5.41) is 8.58. The summed E-state index contributed by atoms with van der Waals surface area (Å²) in [6.45, 7) is 0. The van der Waals surface area contributed by atoms with Gasteiger partial charge >= 0.3 is 5.97 Å². The molecule has 6 heteroatoms. The van der Waals surface area contributed by atoms with Crippen LogP contribution in [0.25, 0.3) is 6.08 Å². The molecular weight excluding hydrogens is 197 g/mol. The van der Waals surface area contributed by atoms with E-state index in [0.717, 1.165) is 17.4 Å². The summed E-state index contributed by atoms with van der Waals surface area (Å²) in [5.74, 6) is -2.81. The first-order chi connectivity index (χ1) is 6.13. The molecule has 1 rings (SSSR count). The van der Waals surface area contributed by atoms with Crippen LogP contribution >= 0.6 is 11.3 Å². The van der Waals surface area contributed by atoms with E-state index in [2.05, 4.69) is 4.98 Å². The Labute approximate surface area is 77.3 Å². The maximum absolute atomic E-state index is 12.5. The molecule has 0 bridgehead atoms. The van der Waals surface area contributed by atoms with E-state index in [4.69, 9.17) is 9.84 Å². The van der Waals surface area contributed by atoms with E-state index in [-0.39, 0.29) is 0 Å². The predicted octanol–water partition coefficient (Wildman–Crippen LogP) is 1.55. The molecule has 4 nitrogen and oxygen atoms in total. The summed E-state index contributed by atoms with van der Waals surface area (Å²) < 4.78 is 17.3. The summed E-state index contributed by atoms with van der Waals surface area (Å²) in [7, 11) is 1.43. The van der Waals surface area contributed by atoms with Crippen molar-refractivity contribution in [3.63, 3.8) is 0 Å². The third kappa shape index (κ3) is 2.51. The summed E-state index contributed by atoms with van der Waals surface area (Å²) in [6.07, 6.45) is 2.23. The van der Waals surface area contributed by atoms with E-state index < -0.39 is 11.8 Å². The van der Waals surface area contributed by atoms with Gasteiger partial charge in [-0.05, 0) is 0 Å². The van der Waals surface area contributed by atoms with Gasteiger partial charge < -0.3 is 9.84 Å². The first kappa shape index (κ1) is 9.66. The van der Waals surface area contributed by atoms with Gasteiger partial charge in [0.25, 0.3) is 5.19 Å². The Morgan fingerprint density at radius 2 is 2.54 bits per heavy atom. The van der Waals surface area contributed by atoms with Crippen molar-refractivity contribution < 1.29 is 19.0 Å². The number of nitrogens with zero attached hydrogens (tertiary/aromatic N) is 1. The number of halogens is 1. The Kier molecular flexibility index (Phi) is 2.97. The van der Waals surface area contributed by atoms with Gasteiger partial charge in [-0.25, -0.2) is 9.78 Å². The van der Waals surface area contributed by atoms with E-state index in [0.29, 0.717) is 10.1 Å². The van der Waals surface area contributed by atoms with Gasteiger partial charge in [-0.2, -0.15) is 4.39 Å². The topological polar surface area (TPSA) is 59.4 Å². The zero-order valence-corrected chi connectivity index (χ0v) is 7.47. The summed E-state index contributed by atoms with van der Waals surface area (Å²) in [5.41, 5.74) is 0. The highest BCUT2D eigenvalue weighted by Crippen LogP contribution is 2.22. The third-order valence-electron chi connectivity index (χ3n) is 1.15. The lowest BCUT2D eigenvalue weighted by molar-refractivity contribution is -0.134. The van der Waals surface area contributed by atoms with Gasteiger partial charge in [0.05, 0.1) is 12.0 Å². The van der Waals surface area contributed by atoms with Gasteiger partial charge in [-0.15, -0.1) is 0 Å². The number of aromatic nitrogens is 1. The molecule has 0 saturated heterocycles. The molecule has 0 unspecified atom stereocenters. The van der Waals surface area contributed by atoms with Crippen LogP contribution in [0.1, 0.15) is 4.88 Å². The highest BCUT2D eigenvalue weighted by atomic mass is 32.1. The zero-order valence-electron chi connectivity index (χ0n) is 6.65. The van der Waals surface area contributed by atoms with E-state index in [1.165, 1.54) is 13.3 Å². The number of methoxy groups -OCH3 is 1. The molecule has 0 aliphatic rings. The number of aliphatic carboxylic acids is 1. The molecular formula is C7H6FNO3S. The van der Waals surface area contributed by atoms with Crippen LogP contribution in [0, 0.1) is 0 Å². The number of rotatable bonds is 3. The number of carboxylic acid groups (broad SMARTS) is 1.